The van der Waals surface area contributed by atoms with E-state index in [0.29, 0.717) is 21.8 Å². The first-order valence-electron chi connectivity index (χ1n) is 8.86. The lowest BCUT2D eigenvalue weighted by atomic mass is 10.0. The number of halogens is 1. The van der Waals surface area contributed by atoms with Crippen LogP contribution in [0.4, 0.5) is 0 Å². The number of hydrogen-bond donors (Lipinski definition) is 1. The molecule has 2 heterocycles. The molecule has 0 aliphatic carbocycles. The van der Waals surface area contributed by atoms with Gasteiger partial charge in [0.05, 0.1) is 31.3 Å². The molecule has 28 heavy (non-hydrogen) atoms. The molecule has 0 aliphatic rings. The fraction of sp³-hybridized carbons (Fsp3) is 0.300. The van der Waals surface area contributed by atoms with Crippen LogP contribution in [-0.4, -0.2) is 33.8 Å². The van der Waals surface area contributed by atoms with Gasteiger partial charge in [-0.3, -0.25) is 9.59 Å². The Morgan fingerprint density at radius 3 is 2.68 bits per heavy atom. The number of esters is 1. The molecule has 2 aromatic heterocycles. The standard InChI is InChI=1S/C20H21ClN4O3/c1-12(2)25-19-13(11-23-25)8-14(10-22-19)20(27)24-17(9-18(26)28-3)15-6-4-5-7-16(15)21/h4-8,10-12,17H,9H2,1-3H3,(H,24,27)/t17-/m1/s1. The minimum Gasteiger partial charge on any atom is -0.469 e. The van der Waals surface area contributed by atoms with E-state index in [0.717, 1.165) is 5.39 Å². The van der Waals surface area contributed by atoms with E-state index in [1.165, 1.54) is 13.3 Å². The Hall–Kier alpha value is -2.93. The summed E-state index contributed by atoms with van der Waals surface area (Å²) in [5.74, 6) is -0.808. The van der Waals surface area contributed by atoms with Gasteiger partial charge < -0.3 is 10.1 Å². The van der Waals surface area contributed by atoms with E-state index in [4.69, 9.17) is 16.3 Å². The van der Waals surface area contributed by atoms with Gasteiger partial charge >= 0.3 is 5.97 Å². The summed E-state index contributed by atoms with van der Waals surface area (Å²) >= 11 is 6.26. The van der Waals surface area contributed by atoms with Gasteiger partial charge in [0.15, 0.2) is 5.65 Å². The molecule has 1 aromatic carbocycles. The number of benzene rings is 1. The Kier molecular flexibility index (Phi) is 5.94. The first kappa shape index (κ1) is 19.8. The van der Waals surface area contributed by atoms with E-state index in [1.807, 2.05) is 13.8 Å². The number of methoxy groups -OCH3 is 1. The second kappa shape index (κ2) is 8.39. The van der Waals surface area contributed by atoms with Crippen LogP contribution in [0.2, 0.25) is 5.02 Å². The number of carbonyl (C=O) groups excluding carboxylic acids is 2. The highest BCUT2D eigenvalue weighted by Crippen LogP contribution is 2.26. The molecule has 0 spiro atoms. The number of aromatic nitrogens is 3. The lowest BCUT2D eigenvalue weighted by Gasteiger charge is -2.19. The SMILES string of the molecule is COC(=O)C[C@@H](NC(=O)c1cnc2c(cnn2C(C)C)c1)c1ccccc1Cl. The minimum absolute atomic E-state index is 0.0348. The van der Waals surface area contributed by atoms with Crippen LogP contribution in [0.3, 0.4) is 0 Å². The maximum Gasteiger partial charge on any atom is 0.307 e. The molecule has 0 saturated heterocycles. The predicted octanol–water partition coefficient (Wildman–Crippen LogP) is 3.70. The Bertz CT molecular complexity index is 1020. The molecule has 146 valence electrons. The van der Waals surface area contributed by atoms with Gasteiger partial charge in [-0.05, 0) is 31.5 Å². The van der Waals surface area contributed by atoms with Crippen LogP contribution in [-0.2, 0) is 9.53 Å². The van der Waals surface area contributed by atoms with E-state index in [2.05, 4.69) is 15.4 Å². The lowest BCUT2D eigenvalue weighted by Crippen LogP contribution is -2.30. The fourth-order valence-corrected chi connectivity index (χ4v) is 3.20. The van der Waals surface area contributed by atoms with Gasteiger partial charge in [0.2, 0.25) is 0 Å². The first-order valence-corrected chi connectivity index (χ1v) is 9.24. The van der Waals surface area contributed by atoms with Gasteiger partial charge in [-0.25, -0.2) is 9.67 Å². The van der Waals surface area contributed by atoms with Crippen molar-refractivity contribution in [2.45, 2.75) is 32.4 Å². The maximum absolute atomic E-state index is 12.8. The molecule has 7 nitrogen and oxygen atoms in total. The zero-order valence-electron chi connectivity index (χ0n) is 15.8. The molecule has 0 unspecified atom stereocenters. The topological polar surface area (TPSA) is 86.1 Å². The van der Waals surface area contributed by atoms with Gasteiger partial charge in [-0.15, -0.1) is 0 Å². The highest BCUT2D eigenvalue weighted by atomic mass is 35.5. The molecule has 3 rings (SSSR count). The molecular weight excluding hydrogens is 380 g/mol. The average Bonchev–Trinajstić information content (AvgIpc) is 3.11. The number of pyridine rings is 1. The monoisotopic (exact) mass is 400 g/mol. The third-order valence-corrected chi connectivity index (χ3v) is 4.71. The van der Waals surface area contributed by atoms with Crippen molar-refractivity contribution in [2.75, 3.05) is 7.11 Å². The smallest absolute Gasteiger partial charge is 0.307 e. The summed E-state index contributed by atoms with van der Waals surface area (Å²) in [5, 5.41) is 8.40. The van der Waals surface area contributed by atoms with Gasteiger partial charge in [0, 0.05) is 22.6 Å². The zero-order chi connectivity index (χ0) is 20.3. The summed E-state index contributed by atoms with van der Waals surface area (Å²) in [6, 6.07) is 8.33. The van der Waals surface area contributed by atoms with E-state index in [9.17, 15) is 9.59 Å². The van der Waals surface area contributed by atoms with Crippen molar-refractivity contribution >= 4 is 34.5 Å². The van der Waals surface area contributed by atoms with Crippen LogP contribution in [0.5, 0.6) is 0 Å². The van der Waals surface area contributed by atoms with E-state index < -0.39 is 12.0 Å². The third-order valence-electron chi connectivity index (χ3n) is 4.37. The second-order valence-corrected chi connectivity index (χ2v) is 7.05. The highest BCUT2D eigenvalue weighted by Gasteiger charge is 2.22. The summed E-state index contributed by atoms with van der Waals surface area (Å²) < 4.78 is 6.55. The number of rotatable bonds is 6. The van der Waals surface area contributed by atoms with Crippen molar-refractivity contribution < 1.29 is 14.3 Å². The van der Waals surface area contributed by atoms with Crippen LogP contribution >= 0.6 is 11.6 Å². The van der Waals surface area contributed by atoms with Gasteiger partial charge in [0.25, 0.3) is 5.91 Å². The summed E-state index contributed by atoms with van der Waals surface area (Å²) in [5.41, 5.74) is 1.73. The van der Waals surface area contributed by atoms with E-state index >= 15 is 0 Å². The highest BCUT2D eigenvalue weighted by molar-refractivity contribution is 6.31. The quantitative estimate of drug-likeness (QED) is 0.637. The number of nitrogens with one attached hydrogen (secondary N) is 1. The number of ether oxygens (including phenoxy) is 1. The van der Waals surface area contributed by atoms with Crippen LogP contribution in [0.1, 0.15) is 48.3 Å². The minimum atomic E-state index is -0.622. The average molecular weight is 401 g/mol. The van der Waals surface area contributed by atoms with Crippen molar-refractivity contribution in [1.29, 1.82) is 0 Å². The molecule has 0 fully saturated rings. The fourth-order valence-electron chi connectivity index (χ4n) is 2.93. The molecule has 0 saturated carbocycles. The molecular formula is C20H21ClN4O3. The summed E-state index contributed by atoms with van der Waals surface area (Å²) in [4.78, 5) is 29.0. The Morgan fingerprint density at radius 2 is 2.00 bits per heavy atom. The Morgan fingerprint density at radius 1 is 1.25 bits per heavy atom. The number of hydrogen-bond acceptors (Lipinski definition) is 5. The molecule has 8 heteroatoms. The number of fused-ring (bicyclic) bond motifs is 1. The molecule has 0 radical (unpaired) electrons. The second-order valence-electron chi connectivity index (χ2n) is 6.65. The van der Waals surface area contributed by atoms with Crippen molar-refractivity contribution in [3.05, 3.63) is 58.9 Å². The van der Waals surface area contributed by atoms with Crippen molar-refractivity contribution in [2.24, 2.45) is 0 Å². The summed E-state index contributed by atoms with van der Waals surface area (Å²) in [6.45, 7) is 4.02. The largest absolute Gasteiger partial charge is 0.469 e. The van der Waals surface area contributed by atoms with Crippen LogP contribution in [0.15, 0.2) is 42.7 Å². The number of amides is 1. The van der Waals surface area contributed by atoms with Crippen molar-refractivity contribution in [3.8, 4) is 0 Å². The molecule has 1 N–H and O–H groups in total. The molecule has 1 atom stereocenters. The van der Waals surface area contributed by atoms with Crippen molar-refractivity contribution in [3.63, 3.8) is 0 Å². The van der Waals surface area contributed by atoms with Crippen LogP contribution < -0.4 is 5.32 Å². The van der Waals surface area contributed by atoms with Gasteiger partial charge in [0.1, 0.15) is 0 Å². The van der Waals surface area contributed by atoms with Crippen LogP contribution in [0, 0.1) is 0 Å². The maximum atomic E-state index is 12.8. The van der Waals surface area contributed by atoms with Crippen LogP contribution in [0.25, 0.3) is 11.0 Å². The zero-order valence-corrected chi connectivity index (χ0v) is 16.6. The molecule has 0 bridgehead atoms. The molecule has 0 aliphatic heterocycles. The number of carbonyl (C=O) groups is 2. The predicted molar refractivity (Wildman–Crippen MR) is 106 cm³/mol. The van der Waals surface area contributed by atoms with Gasteiger partial charge in [-0.2, -0.15) is 5.10 Å². The lowest BCUT2D eigenvalue weighted by molar-refractivity contribution is -0.141. The summed E-state index contributed by atoms with van der Waals surface area (Å²) in [7, 11) is 1.30. The van der Waals surface area contributed by atoms with E-state index in [1.54, 1.807) is 41.2 Å². The summed E-state index contributed by atoms with van der Waals surface area (Å²) in [6.07, 6.45) is 3.14. The van der Waals surface area contributed by atoms with Gasteiger partial charge in [-0.1, -0.05) is 29.8 Å². The Balaban J connectivity index is 1.88. The third kappa shape index (κ3) is 4.14. The normalized spacial score (nSPS) is 12.2. The number of nitrogens with zero attached hydrogens (tertiary/aromatic N) is 3. The van der Waals surface area contributed by atoms with Crippen molar-refractivity contribution in [1.82, 2.24) is 20.1 Å². The Labute approximate surface area is 167 Å². The van der Waals surface area contributed by atoms with E-state index in [-0.39, 0.29) is 18.4 Å². The molecule has 3 aromatic rings. The molecule has 1 amide bonds. The first-order chi connectivity index (χ1) is 13.4.